The first-order chi connectivity index (χ1) is 16.4. The van der Waals surface area contributed by atoms with Gasteiger partial charge >= 0.3 is 5.97 Å². The van der Waals surface area contributed by atoms with Gasteiger partial charge in [0, 0.05) is 5.25 Å². The number of thioether (sulfide) groups is 1. The number of rotatable bonds is 9. The van der Waals surface area contributed by atoms with E-state index in [0.717, 1.165) is 54.4 Å². The van der Waals surface area contributed by atoms with E-state index in [-0.39, 0.29) is 22.8 Å². The Morgan fingerprint density at radius 1 is 1.06 bits per heavy atom. The highest BCUT2D eigenvalue weighted by Gasteiger charge is 2.19. The molecule has 3 aromatic carbocycles. The molecular formula is C29H29FO3S. The Morgan fingerprint density at radius 2 is 1.85 bits per heavy atom. The van der Waals surface area contributed by atoms with Gasteiger partial charge in [0.25, 0.3) is 0 Å². The van der Waals surface area contributed by atoms with Gasteiger partial charge in [0.05, 0.1) is 11.3 Å². The molecule has 0 amide bonds. The average molecular weight is 477 g/mol. The zero-order chi connectivity index (χ0) is 24.1. The Hall–Kier alpha value is -2.92. The summed E-state index contributed by atoms with van der Waals surface area (Å²) in [6.45, 7) is 3.59. The summed E-state index contributed by atoms with van der Waals surface area (Å²) in [5.41, 5.74) is 6.16. The van der Waals surface area contributed by atoms with Gasteiger partial charge in [-0.2, -0.15) is 0 Å². The van der Waals surface area contributed by atoms with Crippen molar-refractivity contribution in [1.29, 1.82) is 0 Å². The lowest BCUT2D eigenvalue weighted by Gasteiger charge is -2.18. The molecule has 0 aromatic heterocycles. The maximum atomic E-state index is 13.4. The van der Waals surface area contributed by atoms with Gasteiger partial charge in [0.2, 0.25) is 0 Å². The summed E-state index contributed by atoms with van der Waals surface area (Å²) in [4.78, 5) is 24.3. The third-order valence-electron chi connectivity index (χ3n) is 6.29. The molecule has 1 unspecified atom stereocenters. The zero-order valence-corrected chi connectivity index (χ0v) is 20.4. The molecule has 0 spiro atoms. The minimum atomic E-state index is -0.337. The van der Waals surface area contributed by atoms with Crippen LogP contribution in [0.25, 0.3) is 0 Å². The summed E-state index contributed by atoms with van der Waals surface area (Å²) < 4.78 is 19.1. The van der Waals surface area contributed by atoms with Crippen molar-refractivity contribution in [2.45, 2.75) is 51.2 Å². The fraction of sp³-hybridized carbons (Fsp3) is 0.310. The summed E-state index contributed by atoms with van der Waals surface area (Å²) >= 11 is 1.59. The number of ketones is 1. The molecule has 0 saturated carbocycles. The van der Waals surface area contributed by atoms with E-state index < -0.39 is 0 Å². The number of esters is 1. The molecule has 1 aliphatic rings. The number of carbonyl (C=O) groups excluding carboxylic acids is 2. The van der Waals surface area contributed by atoms with E-state index in [1.165, 1.54) is 17.7 Å². The highest BCUT2D eigenvalue weighted by Crippen LogP contribution is 2.34. The van der Waals surface area contributed by atoms with Crippen LogP contribution in [0.15, 0.2) is 60.7 Å². The van der Waals surface area contributed by atoms with Crippen molar-refractivity contribution in [2.24, 2.45) is 0 Å². The van der Waals surface area contributed by atoms with Crippen LogP contribution in [0, 0.1) is 12.7 Å². The molecule has 0 bridgehead atoms. The minimum Gasteiger partial charge on any atom is -0.423 e. The Labute approximate surface area is 204 Å². The number of aryl methyl sites for hydroxylation is 3. The van der Waals surface area contributed by atoms with Crippen LogP contribution in [-0.2, 0) is 24.1 Å². The molecule has 0 aliphatic heterocycles. The number of fused-ring (bicyclic) bond motifs is 1. The molecule has 0 N–H and O–H groups in total. The summed E-state index contributed by atoms with van der Waals surface area (Å²) in [6.07, 6.45) is 4.69. The van der Waals surface area contributed by atoms with Crippen LogP contribution < -0.4 is 4.74 Å². The van der Waals surface area contributed by atoms with Crippen LogP contribution >= 0.6 is 11.8 Å². The third-order valence-corrected chi connectivity index (χ3v) is 7.77. The number of ether oxygens (including phenoxy) is 1. The second-order valence-electron chi connectivity index (χ2n) is 8.87. The molecular weight excluding hydrogens is 447 g/mol. The molecule has 3 aromatic rings. The predicted octanol–water partition coefficient (Wildman–Crippen LogP) is 6.84. The van der Waals surface area contributed by atoms with Crippen molar-refractivity contribution < 1.29 is 18.7 Å². The van der Waals surface area contributed by atoms with Crippen molar-refractivity contribution in [3.05, 3.63) is 99.9 Å². The van der Waals surface area contributed by atoms with Crippen LogP contribution in [0.2, 0.25) is 0 Å². The fourth-order valence-corrected chi connectivity index (χ4v) is 5.54. The lowest BCUT2D eigenvalue weighted by atomic mass is 9.98. The smallest absolute Gasteiger partial charge is 0.343 e. The van der Waals surface area contributed by atoms with Gasteiger partial charge in [-0.3, -0.25) is 4.79 Å². The number of hydrogen-bond acceptors (Lipinski definition) is 4. The maximum absolute atomic E-state index is 13.4. The minimum absolute atomic E-state index is 0.0914. The summed E-state index contributed by atoms with van der Waals surface area (Å²) in [5, 5.41) is 0.0914. The Balaban J connectivity index is 1.43. The van der Waals surface area contributed by atoms with Gasteiger partial charge in [0.15, 0.2) is 0 Å². The van der Waals surface area contributed by atoms with Crippen LogP contribution in [0.5, 0.6) is 5.75 Å². The first-order valence-corrected chi connectivity index (χ1v) is 12.7. The van der Waals surface area contributed by atoms with Crippen molar-refractivity contribution in [1.82, 2.24) is 0 Å². The Morgan fingerprint density at radius 3 is 2.59 bits per heavy atom. The molecule has 0 saturated heterocycles. The molecule has 5 heteroatoms. The highest BCUT2D eigenvalue weighted by atomic mass is 32.2. The third kappa shape index (κ3) is 5.95. The van der Waals surface area contributed by atoms with Gasteiger partial charge < -0.3 is 4.74 Å². The van der Waals surface area contributed by atoms with Gasteiger partial charge in [-0.05, 0) is 104 Å². The van der Waals surface area contributed by atoms with Crippen molar-refractivity contribution in [3.8, 4) is 5.75 Å². The van der Waals surface area contributed by atoms with Gasteiger partial charge in [-0.1, -0.05) is 30.3 Å². The molecule has 0 fully saturated rings. The van der Waals surface area contributed by atoms with Gasteiger partial charge in [0.1, 0.15) is 17.3 Å². The van der Waals surface area contributed by atoms with Gasteiger partial charge in [-0.25, -0.2) is 9.18 Å². The maximum Gasteiger partial charge on any atom is 0.343 e. The number of benzene rings is 3. The molecule has 1 atom stereocenters. The van der Waals surface area contributed by atoms with E-state index >= 15 is 0 Å². The number of Topliss-reactive ketones (excluding diaryl/α,β-unsaturated/α-hetero) is 1. The standard InChI is InChI=1S/C29H29FO3S/c1-19-17-24(29(32)33-27-8-4-6-22-5-3-7-26(22)27)10-9-21(19)13-16-28(34-18-20(2)31)23-11-14-25(30)15-12-23/h4,6,8-12,14-15,17,28H,3,5,7,13,16,18H2,1-2H3. The molecule has 0 radical (unpaired) electrons. The molecule has 3 nitrogen and oxygen atoms in total. The lowest BCUT2D eigenvalue weighted by Crippen LogP contribution is -2.10. The van der Waals surface area contributed by atoms with E-state index in [2.05, 4.69) is 6.07 Å². The fourth-order valence-electron chi connectivity index (χ4n) is 4.47. The van der Waals surface area contributed by atoms with Gasteiger partial charge in [-0.15, -0.1) is 11.8 Å². The second-order valence-corrected chi connectivity index (χ2v) is 10.1. The summed E-state index contributed by atoms with van der Waals surface area (Å²) in [6, 6.07) is 18.1. The highest BCUT2D eigenvalue weighted by molar-refractivity contribution is 8.00. The average Bonchev–Trinajstić information content (AvgIpc) is 3.30. The molecule has 0 heterocycles. The Kier molecular flexibility index (Phi) is 7.84. The Bertz CT molecular complexity index is 1190. The summed E-state index contributed by atoms with van der Waals surface area (Å²) in [5.74, 6) is 0.621. The lowest BCUT2D eigenvalue weighted by molar-refractivity contribution is -0.114. The number of halogens is 1. The van der Waals surface area contributed by atoms with E-state index in [9.17, 15) is 14.0 Å². The van der Waals surface area contributed by atoms with Crippen molar-refractivity contribution in [2.75, 3.05) is 5.75 Å². The molecule has 4 rings (SSSR count). The van der Waals surface area contributed by atoms with E-state index in [1.807, 2.05) is 37.3 Å². The number of carbonyl (C=O) groups is 2. The van der Waals surface area contributed by atoms with Crippen LogP contribution in [-0.4, -0.2) is 17.5 Å². The topological polar surface area (TPSA) is 43.4 Å². The normalized spacial score (nSPS) is 13.4. The monoisotopic (exact) mass is 476 g/mol. The second kappa shape index (κ2) is 11.0. The van der Waals surface area contributed by atoms with Crippen molar-refractivity contribution in [3.63, 3.8) is 0 Å². The first kappa shape index (κ1) is 24.2. The predicted molar refractivity (Wildman–Crippen MR) is 135 cm³/mol. The van der Waals surface area contributed by atoms with Crippen molar-refractivity contribution >= 4 is 23.5 Å². The van der Waals surface area contributed by atoms with Crippen LogP contribution in [0.1, 0.15) is 63.2 Å². The SMILES string of the molecule is CC(=O)CSC(CCc1ccc(C(=O)Oc2cccc3c2CCC3)cc1C)c1ccc(F)cc1. The van der Waals surface area contributed by atoms with Crippen LogP contribution in [0.4, 0.5) is 4.39 Å². The quantitative estimate of drug-likeness (QED) is 0.251. The van der Waals surface area contributed by atoms with E-state index in [4.69, 9.17) is 4.74 Å². The van der Waals surface area contributed by atoms with Crippen LogP contribution in [0.3, 0.4) is 0 Å². The molecule has 176 valence electrons. The summed E-state index contributed by atoms with van der Waals surface area (Å²) in [7, 11) is 0. The first-order valence-electron chi connectivity index (χ1n) is 11.7. The number of hydrogen-bond donors (Lipinski definition) is 0. The molecule has 34 heavy (non-hydrogen) atoms. The zero-order valence-electron chi connectivity index (χ0n) is 19.6. The largest absolute Gasteiger partial charge is 0.423 e. The van der Waals surface area contributed by atoms with E-state index in [0.29, 0.717) is 17.1 Å². The van der Waals surface area contributed by atoms with E-state index in [1.54, 1.807) is 30.8 Å². The molecule has 1 aliphatic carbocycles.